The van der Waals surface area contributed by atoms with Crippen LogP contribution in [0.3, 0.4) is 0 Å². The molecule has 1 unspecified atom stereocenters. The smallest absolute Gasteiger partial charge is 0.251 e. The van der Waals surface area contributed by atoms with Crippen LogP contribution in [0.15, 0.2) is 57.9 Å². The van der Waals surface area contributed by atoms with Gasteiger partial charge in [0.1, 0.15) is 11.9 Å². The summed E-state index contributed by atoms with van der Waals surface area (Å²) < 4.78 is 47.3. The van der Waals surface area contributed by atoms with Gasteiger partial charge < -0.3 is 14.6 Å². The molecule has 0 fully saturated rings. The van der Waals surface area contributed by atoms with E-state index in [0.29, 0.717) is 5.56 Å². The van der Waals surface area contributed by atoms with Gasteiger partial charge in [0.2, 0.25) is 11.7 Å². The molecule has 10 heteroatoms. The number of nitrogens with one attached hydrogen (secondary N) is 1. The molecule has 0 spiro atoms. The third-order valence-electron chi connectivity index (χ3n) is 4.29. The van der Waals surface area contributed by atoms with Crippen molar-refractivity contribution in [1.82, 2.24) is 15.5 Å². The summed E-state index contributed by atoms with van der Waals surface area (Å²) in [5.74, 6) is -0.483. The second-order valence-corrected chi connectivity index (χ2v) is 8.60. The summed E-state index contributed by atoms with van der Waals surface area (Å²) in [6, 6.07) is 10.6. The molecule has 0 saturated heterocycles. The quantitative estimate of drug-likeness (QED) is 0.581. The van der Waals surface area contributed by atoms with Gasteiger partial charge in [-0.25, -0.2) is 12.8 Å². The average Bonchev–Trinajstić information content (AvgIpc) is 3.23. The summed E-state index contributed by atoms with van der Waals surface area (Å²) in [4.78, 5) is 16.8. The number of nitrogens with zero attached hydrogens (tertiary/aromatic N) is 2. The molecule has 30 heavy (non-hydrogen) atoms. The van der Waals surface area contributed by atoms with Crippen LogP contribution in [0.4, 0.5) is 4.39 Å². The van der Waals surface area contributed by atoms with Crippen LogP contribution in [0.25, 0.3) is 11.4 Å². The van der Waals surface area contributed by atoms with Crippen molar-refractivity contribution in [2.75, 3.05) is 19.5 Å². The minimum Gasteiger partial charge on any atom is -0.384 e. The number of rotatable bonds is 8. The van der Waals surface area contributed by atoms with Crippen LogP contribution in [0.5, 0.6) is 0 Å². The van der Waals surface area contributed by atoms with Gasteiger partial charge in [-0.05, 0) is 55.5 Å². The summed E-state index contributed by atoms with van der Waals surface area (Å²) in [6.07, 6.45) is 0. The molecule has 3 rings (SSSR count). The van der Waals surface area contributed by atoms with Crippen LogP contribution in [0, 0.1) is 5.82 Å². The number of ether oxygens (including phenoxy) is 1. The molecule has 1 heterocycles. The fourth-order valence-electron chi connectivity index (χ4n) is 2.59. The Balaban J connectivity index is 1.66. The van der Waals surface area contributed by atoms with Gasteiger partial charge in [-0.1, -0.05) is 5.16 Å². The first-order chi connectivity index (χ1) is 14.3. The van der Waals surface area contributed by atoms with Crippen molar-refractivity contribution in [3.05, 3.63) is 65.8 Å². The largest absolute Gasteiger partial charge is 0.384 e. The number of amides is 1. The third-order valence-corrected chi connectivity index (χ3v) is 5.99. The fraction of sp³-hybridized carbons (Fsp3) is 0.250. The van der Waals surface area contributed by atoms with Crippen LogP contribution in [-0.2, 0) is 14.6 Å². The Morgan fingerprint density at radius 3 is 2.47 bits per heavy atom. The molecule has 1 aromatic heterocycles. The van der Waals surface area contributed by atoms with Crippen molar-refractivity contribution < 1.29 is 26.9 Å². The van der Waals surface area contributed by atoms with Crippen molar-refractivity contribution in [1.29, 1.82) is 0 Å². The van der Waals surface area contributed by atoms with E-state index in [4.69, 9.17) is 9.26 Å². The van der Waals surface area contributed by atoms with Crippen molar-refractivity contribution in [2.24, 2.45) is 0 Å². The number of sulfone groups is 1. The first-order valence-corrected chi connectivity index (χ1v) is 10.7. The molecule has 2 aromatic carbocycles. The van der Waals surface area contributed by atoms with E-state index in [9.17, 15) is 17.6 Å². The molecule has 8 nitrogen and oxygen atoms in total. The molecule has 1 N–H and O–H groups in total. The summed E-state index contributed by atoms with van der Waals surface area (Å²) in [6.45, 7) is 1.76. The van der Waals surface area contributed by atoms with Gasteiger partial charge in [-0.15, -0.1) is 0 Å². The molecule has 0 aliphatic carbocycles. The lowest BCUT2D eigenvalue weighted by Gasteiger charge is -2.10. The maximum absolute atomic E-state index is 13.0. The zero-order valence-corrected chi connectivity index (χ0v) is 17.1. The van der Waals surface area contributed by atoms with Gasteiger partial charge in [0, 0.05) is 18.2 Å². The summed E-state index contributed by atoms with van der Waals surface area (Å²) in [5, 5.41) is 6.56. The Bertz CT molecular complexity index is 1110. The molecule has 158 valence electrons. The highest BCUT2D eigenvalue weighted by molar-refractivity contribution is 7.91. The monoisotopic (exact) mass is 433 g/mol. The van der Waals surface area contributed by atoms with E-state index in [1.54, 1.807) is 6.92 Å². The number of aromatic nitrogens is 2. The molecular weight excluding hydrogens is 413 g/mol. The minimum absolute atomic E-state index is 0.0895. The normalized spacial score (nSPS) is 12.5. The van der Waals surface area contributed by atoms with Crippen LogP contribution >= 0.6 is 0 Å². The summed E-state index contributed by atoms with van der Waals surface area (Å²) in [7, 11) is -2.04. The van der Waals surface area contributed by atoms with Gasteiger partial charge in [0.15, 0.2) is 9.84 Å². The highest BCUT2D eigenvalue weighted by Crippen LogP contribution is 2.19. The number of methoxy groups -OCH3 is 1. The molecule has 0 aliphatic rings. The number of carbonyl (C=O) groups is 1. The number of halogens is 1. The Morgan fingerprint density at radius 1 is 1.17 bits per heavy atom. The van der Waals surface area contributed by atoms with Gasteiger partial charge in [0.05, 0.1) is 17.3 Å². The maximum Gasteiger partial charge on any atom is 0.251 e. The molecule has 0 aliphatic heterocycles. The van der Waals surface area contributed by atoms with Crippen LogP contribution in [0.2, 0.25) is 0 Å². The van der Waals surface area contributed by atoms with E-state index in [1.807, 2.05) is 0 Å². The zero-order chi connectivity index (χ0) is 21.7. The molecule has 0 radical (unpaired) electrons. The molecule has 1 atom stereocenters. The Labute approximate surface area is 173 Å². The standard InChI is InChI=1S/C20H20FN3O5S/c1-13(20-23-18(24-29-20)14-3-7-16(21)8-4-14)22-19(25)15-5-9-17(10-6-15)30(26,27)12-11-28-2/h3-10,13H,11-12H2,1-2H3,(H,22,25). The predicted molar refractivity (Wildman–Crippen MR) is 106 cm³/mol. The van der Waals surface area contributed by atoms with Gasteiger partial charge in [-0.3, -0.25) is 4.79 Å². The molecule has 0 saturated carbocycles. The van der Waals surface area contributed by atoms with E-state index in [0.717, 1.165) is 0 Å². The lowest BCUT2D eigenvalue weighted by molar-refractivity contribution is 0.0932. The maximum atomic E-state index is 13.0. The number of hydrogen-bond acceptors (Lipinski definition) is 7. The highest BCUT2D eigenvalue weighted by Gasteiger charge is 2.19. The van der Waals surface area contributed by atoms with Crippen molar-refractivity contribution in [3.8, 4) is 11.4 Å². The van der Waals surface area contributed by atoms with E-state index >= 15 is 0 Å². The second kappa shape index (κ2) is 9.14. The van der Waals surface area contributed by atoms with Gasteiger partial charge in [0.25, 0.3) is 5.91 Å². The Morgan fingerprint density at radius 2 is 1.83 bits per heavy atom. The first kappa shape index (κ1) is 21.6. The van der Waals surface area contributed by atoms with E-state index in [2.05, 4.69) is 15.5 Å². The number of carbonyl (C=O) groups excluding carboxylic acids is 1. The topological polar surface area (TPSA) is 111 Å². The van der Waals surface area contributed by atoms with Crippen molar-refractivity contribution in [3.63, 3.8) is 0 Å². The first-order valence-electron chi connectivity index (χ1n) is 9.02. The lowest BCUT2D eigenvalue weighted by Crippen LogP contribution is -2.26. The predicted octanol–water partition coefficient (Wildman–Crippen LogP) is 2.79. The van der Waals surface area contributed by atoms with Crippen molar-refractivity contribution in [2.45, 2.75) is 17.9 Å². The number of hydrogen-bond donors (Lipinski definition) is 1. The average molecular weight is 433 g/mol. The van der Waals surface area contributed by atoms with Gasteiger partial charge in [-0.2, -0.15) is 4.98 Å². The summed E-state index contributed by atoms with van der Waals surface area (Å²) in [5.41, 5.74) is 0.862. The van der Waals surface area contributed by atoms with Crippen molar-refractivity contribution >= 4 is 15.7 Å². The molecule has 0 bridgehead atoms. The van der Waals surface area contributed by atoms with Crippen LogP contribution < -0.4 is 5.32 Å². The summed E-state index contributed by atoms with van der Waals surface area (Å²) >= 11 is 0. The van der Waals surface area contributed by atoms with E-state index in [1.165, 1.54) is 55.6 Å². The fourth-order valence-corrected chi connectivity index (χ4v) is 3.77. The Hall–Kier alpha value is -3.11. The lowest BCUT2D eigenvalue weighted by atomic mass is 10.2. The van der Waals surface area contributed by atoms with Crippen LogP contribution in [-0.4, -0.2) is 43.9 Å². The second-order valence-electron chi connectivity index (χ2n) is 6.49. The molecule has 1 amide bonds. The SMILES string of the molecule is COCCS(=O)(=O)c1ccc(C(=O)NC(C)c2nc(-c3ccc(F)cc3)no2)cc1. The Kier molecular flexibility index (Phi) is 6.58. The molecular formula is C20H20FN3O5S. The molecule has 3 aromatic rings. The zero-order valence-electron chi connectivity index (χ0n) is 16.3. The van der Waals surface area contributed by atoms with E-state index < -0.39 is 21.8 Å². The van der Waals surface area contributed by atoms with E-state index in [-0.39, 0.29) is 40.4 Å². The van der Waals surface area contributed by atoms with Gasteiger partial charge >= 0.3 is 0 Å². The highest BCUT2D eigenvalue weighted by atomic mass is 32.2. The minimum atomic E-state index is -3.47. The third kappa shape index (κ3) is 5.08. The van der Waals surface area contributed by atoms with Crippen LogP contribution in [0.1, 0.15) is 29.2 Å². The number of benzene rings is 2.